The van der Waals surface area contributed by atoms with Gasteiger partial charge >= 0.3 is 0 Å². The molecule has 3 saturated heterocycles. The van der Waals surface area contributed by atoms with Crippen molar-refractivity contribution in [3.8, 4) is 0 Å². The highest BCUT2D eigenvalue weighted by Crippen LogP contribution is 2.26. The van der Waals surface area contributed by atoms with E-state index in [1.54, 1.807) is 12.1 Å². The molecular formula is C36H59ClN6O7S. The van der Waals surface area contributed by atoms with Gasteiger partial charge in [0.1, 0.15) is 12.1 Å². The minimum Gasteiger partial charge on any atom is -0.381 e. The Morgan fingerprint density at radius 2 is 1.73 bits per heavy atom. The number of halogens is 1. The highest BCUT2D eigenvalue weighted by atomic mass is 35.5. The van der Waals surface area contributed by atoms with Crippen LogP contribution in [0.1, 0.15) is 76.2 Å². The quantitative estimate of drug-likeness (QED) is 0.117. The van der Waals surface area contributed by atoms with Crippen LogP contribution in [-0.2, 0) is 40.5 Å². The van der Waals surface area contributed by atoms with Gasteiger partial charge in [-0.3, -0.25) is 14.4 Å². The number of carbonyl (C=O) groups excluding carboxylic acids is 3. The summed E-state index contributed by atoms with van der Waals surface area (Å²) in [5, 5.41) is 10.2. The number of benzene rings is 1. The summed E-state index contributed by atoms with van der Waals surface area (Å²) in [6.07, 6.45) is 8.47. The number of carbonyl (C=O) groups is 3. The molecule has 0 unspecified atom stereocenters. The van der Waals surface area contributed by atoms with Crippen LogP contribution in [0, 0.1) is 11.8 Å². The third-order valence-corrected chi connectivity index (χ3v) is 11.2. The molecule has 3 heterocycles. The first-order valence-electron chi connectivity index (χ1n) is 18.7. The van der Waals surface area contributed by atoms with Crippen molar-refractivity contribution in [2.45, 2.75) is 101 Å². The summed E-state index contributed by atoms with van der Waals surface area (Å²) in [6, 6.07) is 4.52. The summed E-state index contributed by atoms with van der Waals surface area (Å²) in [5.41, 5.74) is 6.63. The van der Waals surface area contributed by atoms with Crippen LogP contribution in [0.25, 0.3) is 0 Å². The lowest BCUT2D eigenvalue weighted by atomic mass is 9.91. The first-order chi connectivity index (χ1) is 24.5. The zero-order valence-electron chi connectivity index (χ0n) is 30.1. The lowest BCUT2D eigenvalue weighted by Crippen LogP contribution is -2.55. The molecule has 1 aromatic rings. The van der Waals surface area contributed by atoms with E-state index in [-0.39, 0.29) is 31.9 Å². The van der Waals surface area contributed by atoms with E-state index in [1.165, 1.54) is 4.90 Å². The number of unbranched alkanes of at least 4 members (excludes halogenated alkanes) is 1. The van der Waals surface area contributed by atoms with E-state index in [9.17, 15) is 22.8 Å². The number of hydrogen-bond donors (Lipinski definition) is 5. The highest BCUT2D eigenvalue weighted by molar-refractivity contribution is 7.88. The predicted molar refractivity (Wildman–Crippen MR) is 198 cm³/mol. The zero-order chi connectivity index (χ0) is 36.6. The maximum atomic E-state index is 14.2. The van der Waals surface area contributed by atoms with Crippen molar-refractivity contribution in [2.75, 3.05) is 58.7 Å². The van der Waals surface area contributed by atoms with Crippen molar-refractivity contribution in [2.24, 2.45) is 17.6 Å². The average molecular weight is 755 g/mol. The van der Waals surface area contributed by atoms with Crippen LogP contribution < -0.4 is 26.4 Å². The smallest absolute Gasteiger partial charge is 0.243 e. The van der Waals surface area contributed by atoms with Crippen molar-refractivity contribution < 1.29 is 32.3 Å². The number of piperidine rings is 1. The molecular weight excluding hydrogens is 696 g/mol. The average Bonchev–Trinajstić information content (AvgIpc) is 3.56. The molecule has 0 aromatic heterocycles. The van der Waals surface area contributed by atoms with Gasteiger partial charge in [0.05, 0.1) is 31.6 Å². The van der Waals surface area contributed by atoms with Crippen molar-refractivity contribution >= 4 is 39.2 Å². The summed E-state index contributed by atoms with van der Waals surface area (Å²) >= 11 is 6.05. The minimum absolute atomic E-state index is 0.110. The van der Waals surface area contributed by atoms with E-state index in [1.807, 2.05) is 12.1 Å². The zero-order valence-corrected chi connectivity index (χ0v) is 31.7. The molecule has 0 radical (unpaired) electrons. The number of sulfonamides is 1. The van der Waals surface area contributed by atoms with Gasteiger partial charge in [-0.1, -0.05) is 23.7 Å². The van der Waals surface area contributed by atoms with E-state index >= 15 is 0 Å². The molecule has 3 fully saturated rings. The Morgan fingerprint density at radius 1 is 1.02 bits per heavy atom. The topological polar surface area (TPSA) is 181 Å². The van der Waals surface area contributed by atoms with Crippen molar-refractivity contribution in [1.29, 1.82) is 0 Å². The summed E-state index contributed by atoms with van der Waals surface area (Å²) < 4.78 is 39.1. The normalized spacial score (nSPS) is 21.7. The van der Waals surface area contributed by atoms with Crippen LogP contribution in [0.15, 0.2) is 24.3 Å². The molecule has 0 aliphatic carbocycles. The SMILES string of the molecule is CS(=O)(=O)N[C@H](CCC1CCNCC1)C(=O)N1C[C@H](OCc2ccc(Cl)cc2)C[C@H]1C(=O)N[C@@H](CCCCN)C(=O)CNCCC1CCOCC1. The Morgan fingerprint density at radius 3 is 2.41 bits per heavy atom. The fourth-order valence-electron chi connectivity index (χ4n) is 7.22. The summed E-state index contributed by atoms with van der Waals surface area (Å²) in [6.45, 7) is 4.98. The van der Waals surface area contributed by atoms with Crippen LogP contribution in [0.5, 0.6) is 0 Å². The molecule has 13 nitrogen and oxygen atoms in total. The fraction of sp³-hybridized carbons (Fsp3) is 0.750. The van der Waals surface area contributed by atoms with Gasteiger partial charge < -0.3 is 36.1 Å². The van der Waals surface area contributed by atoms with Crippen LogP contribution >= 0.6 is 11.6 Å². The van der Waals surface area contributed by atoms with Crippen LogP contribution in [-0.4, -0.2) is 114 Å². The maximum absolute atomic E-state index is 14.2. The van der Waals surface area contributed by atoms with Crippen LogP contribution in [0.4, 0.5) is 0 Å². The fourth-order valence-corrected chi connectivity index (χ4v) is 8.08. The van der Waals surface area contributed by atoms with Gasteiger partial charge in [-0.15, -0.1) is 0 Å². The highest BCUT2D eigenvalue weighted by Gasteiger charge is 2.43. The number of ketones is 1. The van der Waals surface area contributed by atoms with Crippen LogP contribution in [0.2, 0.25) is 5.02 Å². The van der Waals surface area contributed by atoms with Gasteiger partial charge in [-0.25, -0.2) is 13.1 Å². The van der Waals surface area contributed by atoms with E-state index < -0.39 is 46.1 Å². The molecule has 3 aliphatic heterocycles. The lowest BCUT2D eigenvalue weighted by Gasteiger charge is -2.30. The van der Waals surface area contributed by atoms with Gasteiger partial charge in [0.2, 0.25) is 21.8 Å². The molecule has 4 atom stereocenters. The molecule has 0 saturated carbocycles. The molecule has 288 valence electrons. The Labute approximate surface area is 308 Å². The molecule has 3 aliphatic rings. The Hall–Kier alpha value is -2.17. The van der Waals surface area contributed by atoms with Gasteiger partial charge in [-0.2, -0.15) is 0 Å². The third kappa shape index (κ3) is 14.6. The second kappa shape index (κ2) is 21.5. The Balaban J connectivity index is 1.46. The standard InChI is InChI=1S/C36H59ClN6O7S/c1-51(47,48)42-32(10-7-26-11-17-39-18-12-26)36(46)43-24-30(50-25-28-5-8-29(37)9-6-28)22-33(43)35(45)41-31(4-2-3-16-38)34(44)23-40-19-13-27-14-20-49-21-15-27/h5-6,8-9,26-27,30-33,39-40,42H,2-4,7,10-25,38H2,1H3,(H,41,45)/t30-,31+,32-,33+/m1/s1. The second-order valence-electron chi connectivity index (χ2n) is 14.3. The Bertz CT molecular complexity index is 1340. The van der Waals surface area contributed by atoms with E-state index in [2.05, 4.69) is 20.7 Å². The molecule has 15 heteroatoms. The third-order valence-electron chi connectivity index (χ3n) is 10.2. The summed E-state index contributed by atoms with van der Waals surface area (Å²) in [5.74, 6) is -0.0968. The van der Waals surface area contributed by atoms with Crippen LogP contribution in [0.3, 0.4) is 0 Å². The van der Waals surface area contributed by atoms with E-state index in [0.29, 0.717) is 62.1 Å². The van der Waals surface area contributed by atoms with Gasteiger partial charge in [0.25, 0.3) is 0 Å². The van der Waals surface area contributed by atoms with Gasteiger partial charge in [0.15, 0.2) is 5.78 Å². The van der Waals surface area contributed by atoms with Crippen molar-refractivity contribution in [3.63, 3.8) is 0 Å². The number of rotatable bonds is 21. The molecule has 0 bridgehead atoms. The summed E-state index contributed by atoms with van der Waals surface area (Å²) in [7, 11) is -3.73. The number of nitrogens with one attached hydrogen (secondary N) is 4. The molecule has 4 rings (SSSR count). The monoisotopic (exact) mass is 754 g/mol. The molecule has 6 N–H and O–H groups in total. The van der Waals surface area contributed by atoms with Gasteiger partial charge in [0, 0.05) is 31.2 Å². The summed E-state index contributed by atoms with van der Waals surface area (Å²) in [4.78, 5) is 43.2. The molecule has 51 heavy (non-hydrogen) atoms. The maximum Gasteiger partial charge on any atom is 0.243 e. The van der Waals surface area contributed by atoms with Crippen molar-refractivity contribution in [3.05, 3.63) is 34.9 Å². The number of amides is 2. The number of Topliss-reactive ketones (excluding diaryl/α,β-unsaturated/α-hetero) is 1. The first kappa shape index (κ1) is 41.6. The van der Waals surface area contributed by atoms with Crippen molar-refractivity contribution in [1.82, 2.24) is 25.6 Å². The Kier molecular flexibility index (Phi) is 17.5. The minimum atomic E-state index is -3.73. The first-order valence-corrected chi connectivity index (χ1v) is 21.0. The largest absolute Gasteiger partial charge is 0.381 e. The second-order valence-corrected chi connectivity index (χ2v) is 16.6. The lowest BCUT2D eigenvalue weighted by molar-refractivity contribution is -0.140. The molecule has 1 aromatic carbocycles. The number of likely N-dealkylation sites (tertiary alicyclic amines) is 1. The predicted octanol–water partition coefficient (Wildman–Crippen LogP) is 2.11. The van der Waals surface area contributed by atoms with E-state index in [0.717, 1.165) is 70.2 Å². The number of hydrogen-bond acceptors (Lipinski definition) is 10. The number of nitrogens with zero attached hydrogens (tertiary/aromatic N) is 1. The number of nitrogens with two attached hydrogens (primary N) is 1. The van der Waals surface area contributed by atoms with Gasteiger partial charge in [-0.05, 0) is 120 Å². The molecule has 2 amide bonds. The number of ether oxygens (including phenoxy) is 2. The molecule has 0 spiro atoms. The van der Waals surface area contributed by atoms with E-state index in [4.69, 9.17) is 26.8 Å².